The standard InChI is InChI=1S/C12H11N3O2/c16-8-10-3-4-11(15-10)12(17)14-7-9-2-1-5-13-6-9/h1-6,8,15H,7H2,(H,14,17). The smallest absolute Gasteiger partial charge is 0.267 e. The van der Waals surface area contributed by atoms with Crippen molar-refractivity contribution in [3.8, 4) is 0 Å². The molecular weight excluding hydrogens is 218 g/mol. The molecule has 0 fully saturated rings. The number of aromatic amines is 1. The first-order valence-electron chi connectivity index (χ1n) is 5.11. The van der Waals surface area contributed by atoms with Crippen molar-refractivity contribution in [1.29, 1.82) is 0 Å². The zero-order chi connectivity index (χ0) is 12.1. The number of aromatic nitrogens is 2. The van der Waals surface area contributed by atoms with Crippen LogP contribution in [0.4, 0.5) is 0 Å². The van der Waals surface area contributed by atoms with E-state index < -0.39 is 0 Å². The van der Waals surface area contributed by atoms with Crippen LogP contribution in [0.1, 0.15) is 26.5 Å². The van der Waals surface area contributed by atoms with Gasteiger partial charge in [0.15, 0.2) is 6.29 Å². The Hall–Kier alpha value is -2.43. The van der Waals surface area contributed by atoms with E-state index in [4.69, 9.17) is 0 Å². The van der Waals surface area contributed by atoms with E-state index in [1.807, 2.05) is 6.07 Å². The zero-order valence-electron chi connectivity index (χ0n) is 9.01. The molecule has 5 heteroatoms. The quantitative estimate of drug-likeness (QED) is 0.772. The summed E-state index contributed by atoms with van der Waals surface area (Å²) in [6.45, 7) is 0.405. The zero-order valence-corrected chi connectivity index (χ0v) is 9.01. The number of hydrogen-bond donors (Lipinski definition) is 2. The normalized spacial score (nSPS) is 9.88. The van der Waals surface area contributed by atoms with Gasteiger partial charge in [0.1, 0.15) is 5.69 Å². The van der Waals surface area contributed by atoms with Gasteiger partial charge in [-0.05, 0) is 23.8 Å². The minimum absolute atomic E-state index is 0.248. The van der Waals surface area contributed by atoms with Gasteiger partial charge in [0.05, 0.1) is 5.69 Å². The third-order valence-corrected chi connectivity index (χ3v) is 2.26. The predicted octanol–water partition coefficient (Wildman–Crippen LogP) is 1.15. The number of hydrogen-bond acceptors (Lipinski definition) is 3. The van der Waals surface area contributed by atoms with E-state index in [0.717, 1.165) is 5.56 Å². The van der Waals surface area contributed by atoms with E-state index in [1.165, 1.54) is 0 Å². The summed E-state index contributed by atoms with van der Waals surface area (Å²) in [6, 6.07) is 6.81. The van der Waals surface area contributed by atoms with Gasteiger partial charge in [-0.1, -0.05) is 6.07 Å². The van der Waals surface area contributed by atoms with Crippen molar-refractivity contribution in [1.82, 2.24) is 15.3 Å². The molecule has 0 atom stereocenters. The summed E-state index contributed by atoms with van der Waals surface area (Å²) >= 11 is 0. The number of pyridine rings is 1. The number of nitrogens with one attached hydrogen (secondary N) is 2. The lowest BCUT2D eigenvalue weighted by Gasteiger charge is -2.02. The second-order valence-electron chi connectivity index (χ2n) is 3.49. The molecule has 0 aliphatic carbocycles. The maximum Gasteiger partial charge on any atom is 0.267 e. The van der Waals surface area contributed by atoms with Crippen molar-refractivity contribution in [2.24, 2.45) is 0 Å². The van der Waals surface area contributed by atoms with Crippen LogP contribution >= 0.6 is 0 Å². The second kappa shape index (κ2) is 5.07. The van der Waals surface area contributed by atoms with Crippen LogP contribution in [0.3, 0.4) is 0 Å². The minimum atomic E-state index is -0.248. The van der Waals surface area contributed by atoms with Crippen molar-refractivity contribution >= 4 is 12.2 Å². The summed E-state index contributed by atoms with van der Waals surface area (Å²) < 4.78 is 0. The van der Waals surface area contributed by atoms with Crippen LogP contribution < -0.4 is 5.32 Å². The summed E-state index contributed by atoms with van der Waals surface area (Å²) in [6.07, 6.45) is 4.02. The molecule has 17 heavy (non-hydrogen) atoms. The molecule has 2 aromatic heterocycles. The van der Waals surface area contributed by atoms with Crippen molar-refractivity contribution in [3.05, 3.63) is 53.6 Å². The molecule has 0 saturated carbocycles. The Morgan fingerprint density at radius 3 is 2.94 bits per heavy atom. The van der Waals surface area contributed by atoms with Gasteiger partial charge in [-0.15, -0.1) is 0 Å². The highest BCUT2D eigenvalue weighted by Gasteiger charge is 2.07. The average Bonchev–Trinajstić information content (AvgIpc) is 2.86. The third-order valence-electron chi connectivity index (χ3n) is 2.26. The molecule has 2 rings (SSSR count). The molecule has 2 N–H and O–H groups in total. The van der Waals surface area contributed by atoms with Gasteiger partial charge in [-0.25, -0.2) is 0 Å². The van der Waals surface area contributed by atoms with Crippen LogP contribution in [-0.2, 0) is 6.54 Å². The lowest BCUT2D eigenvalue weighted by molar-refractivity contribution is 0.0946. The summed E-state index contributed by atoms with van der Waals surface area (Å²) in [5.41, 5.74) is 1.68. The van der Waals surface area contributed by atoms with Crippen LogP contribution in [0.2, 0.25) is 0 Å². The van der Waals surface area contributed by atoms with Crippen molar-refractivity contribution < 1.29 is 9.59 Å². The Labute approximate surface area is 97.9 Å². The average molecular weight is 229 g/mol. The number of carbonyl (C=O) groups is 2. The first-order valence-corrected chi connectivity index (χ1v) is 5.11. The summed E-state index contributed by atoms with van der Waals surface area (Å²) in [7, 11) is 0. The van der Waals surface area contributed by atoms with Crippen LogP contribution in [-0.4, -0.2) is 22.2 Å². The maximum absolute atomic E-state index is 11.7. The molecule has 2 aromatic rings. The van der Waals surface area contributed by atoms with Gasteiger partial charge < -0.3 is 10.3 Å². The molecule has 0 saturated heterocycles. The number of nitrogens with zero attached hydrogens (tertiary/aromatic N) is 1. The maximum atomic E-state index is 11.7. The van der Waals surface area contributed by atoms with E-state index >= 15 is 0 Å². The highest BCUT2D eigenvalue weighted by Crippen LogP contribution is 2.00. The third kappa shape index (κ3) is 2.78. The fourth-order valence-corrected chi connectivity index (χ4v) is 1.39. The Morgan fingerprint density at radius 1 is 1.41 bits per heavy atom. The van der Waals surface area contributed by atoms with Gasteiger partial charge in [0.25, 0.3) is 5.91 Å². The SMILES string of the molecule is O=Cc1ccc(C(=O)NCc2cccnc2)[nH]1. The summed E-state index contributed by atoms with van der Waals surface area (Å²) in [4.78, 5) is 28.8. The topological polar surface area (TPSA) is 74.8 Å². The monoisotopic (exact) mass is 229 g/mol. The Balaban J connectivity index is 1.96. The van der Waals surface area contributed by atoms with Crippen LogP contribution in [0.25, 0.3) is 0 Å². The first-order chi connectivity index (χ1) is 8.29. The molecule has 0 bridgehead atoms. The molecule has 0 radical (unpaired) electrons. The number of aldehydes is 1. The minimum Gasteiger partial charge on any atom is -0.348 e. The van der Waals surface area contributed by atoms with Gasteiger partial charge in [0.2, 0.25) is 0 Å². The summed E-state index contributed by atoms with van der Waals surface area (Å²) in [5.74, 6) is -0.248. The van der Waals surface area contributed by atoms with Gasteiger partial charge in [0, 0.05) is 18.9 Å². The van der Waals surface area contributed by atoms with Crippen LogP contribution in [0.15, 0.2) is 36.7 Å². The lowest BCUT2D eigenvalue weighted by atomic mass is 10.3. The summed E-state index contributed by atoms with van der Waals surface area (Å²) in [5, 5.41) is 2.73. The van der Waals surface area contributed by atoms with E-state index in [2.05, 4.69) is 15.3 Å². The van der Waals surface area contributed by atoms with Crippen molar-refractivity contribution in [3.63, 3.8) is 0 Å². The lowest BCUT2D eigenvalue weighted by Crippen LogP contribution is -2.23. The molecule has 86 valence electrons. The molecule has 0 aromatic carbocycles. The molecule has 1 amide bonds. The van der Waals surface area contributed by atoms with E-state index in [-0.39, 0.29) is 5.91 Å². The molecule has 5 nitrogen and oxygen atoms in total. The first kappa shape index (κ1) is 11.1. The van der Waals surface area contributed by atoms with Gasteiger partial charge in [-0.3, -0.25) is 14.6 Å². The van der Waals surface area contributed by atoms with Gasteiger partial charge in [-0.2, -0.15) is 0 Å². The molecule has 0 aliphatic heterocycles. The Morgan fingerprint density at radius 2 is 2.29 bits per heavy atom. The van der Waals surface area contributed by atoms with Crippen molar-refractivity contribution in [2.45, 2.75) is 6.54 Å². The predicted molar refractivity (Wildman–Crippen MR) is 61.6 cm³/mol. The molecular formula is C12H11N3O2. The van der Waals surface area contributed by atoms with E-state index in [1.54, 1.807) is 30.6 Å². The molecule has 0 aliphatic rings. The fourth-order valence-electron chi connectivity index (χ4n) is 1.39. The molecule has 0 spiro atoms. The second-order valence-corrected chi connectivity index (χ2v) is 3.49. The number of carbonyl (C=O) groups excluding carboxylic acids is 2. The van der Waals surface area contributed by atoms with E-state index in [9.17, 15) is 9.59 Å². The number of amides is 1. The van der Waals surface area contributed by atoms with Crippen molar-refractivity contribution in [2.75, 3.05) is 0 Å². The highest BCUT2D eigenvalue weighted by atomic mass is 16.2. The van der Waals surface area contributed by atoms with Gasteiger partial charge >= 0.3 is 0 Å². The molecule has 2 heterocycles. The Kier molecular flexibility index (Phi) is 3.30. The number of rotatable bonds is 4. The number of H-pyrrole nitrogens is 1. The fraction of sp³-hybridized carbons (Fsp3) is 0.0833. The Bertz CT molecular complexity index is 520. The highest BCUT2D eigenvalue weighted by molar-refractivity contribution is 5.93. The van der Waals surface area contributed by atoms with Crippen LogP contribution in [0.5, 0.6) is 0 Å². The van der Waals surface area contributed by atoms with E-state index in [0.29, 0.717) is 24.2 Å². The molecule has 0 unspecified atom stereocenters. The van der Waals surface area contributed by atoms with Crippen LogP contribution in [0, 0.1) is 0 Å². The largest absolute Gasteiger partial charge is 0.348 e.